The molecule has 1 N–H and O–H groups in total. The maximum atomic E-state index is 10.4. The molecule has 0 amide bonds. The fourth-order valence-electron chi connectivity index (χ4n) is 3.67. The van der Waals surface area contributed by atoms with E-state index in [0.717, 1.165) is 12.1 Å². The van der Waals surface area contributed by atoms with Gasteiger partial charge in [0.15, 0.2) is 0 Å². The number of benzene rings is 3. The lowest BCUT2D eigenvalue weighted by molar-refractivity contribution is 0.124. The van der Waals surface area contributed by atoms with Crippen molar-refractivity contribution in [1.82, 2.24) is 4.90 Å². The zero-order valence-corrected chi connectivity index (χ0v) is 17.4. The minimum atomic E-state index is -0.466. The average molecular weight is 374 g/mol. The van der Waals surface area contributed by atoms with Gasteiger partial charge in [0, 0.05) is 13.1 Å². The van der Waals surface area contributed by atoms with Crippen LogP contribution in [0.15, 0.2) is 72.8 Å². The first-order valence-electron chi connectivity index (χ1n) is 10.1. The van der Waals surface area contributed by atoms with Gasteiger partial charge in [-0.15, -0.1) is 0 Å². The van der Waals surface area contributed by atoms with Crippen molar-refractivity contribution in [2.45, 2.75) is 39.3 Å². The Kier molecular flexibility index (Phi) is 6.66. The van der Waals surface area contributed by atoms with Crippen LogP contribution in [0.1, 0.15) is 48.1 Å². The highest BCUT2D eigenvalue weighted by Gasteiger charge is 2.12. The molecule has 3 rings (SSSR count). The van der Waals surface area contributed by atoms with Crippen molar-refractivity contribution in [3.63, 3.8) is 0 Å². The third kappa shape index (κ3) is 5.09. The number of nitrogens with zero attached hydrogens (tertiary/aromatic N) is 1. The molecule has 28 heavy (non-hydrogen) atoms. The molecule has 146 valence electrons. The summed E-state index contributed by atoms with van der Waals surface area (Å²) in [7, 11) is 2.05. The second-order valence-electron chi connectivity index (χ2n) is 8.07. The minimum Gasteiger partial charge on any atom is -0.387 e. The van der Waals surface area contributed by atoms with Gasteiger partial charge in [-0.05, 0) is 47.7 Å². The van der Waals surface area contributed by atoms with Crippen LogP contribution in [0.25, 0.3) is 11.1 Å². The van der Waals surface area contributed by atoms with Gasteiger partial charge in [-0.3, -0.25) is 4.90 Å². The zero-order chi connectivity index (χ0) is 20.1. The number of aliphatic hydroxyl groups is 1. The van der Waals surface area contributed by atoms with Crippen LogP contribution < -0.4 is 0 Å². The van der Waals surface area contributed by atoms with Gasteiger partial charge in [-0.2, -0.15) is 0 Å². The van der Waals surface area contributed by atoms with Gasteiger partial charge >= 0.3 is 0 Å². The van der Waals surface area contributed by atoms with Crippen LogP contribution in [0.5, 0.6) is 0 Å². The maximum absolute atomic E-state index is 10.4. The lowest BCUT2D eigenvalue weighted by atomic mass is 9.91. The smallest absolute Gasteiger partial charge is 0.0916 e. The highest BCUT2D eigenvalue weighted by Crippen LogP contribution is 2.30. The summed E-state index contributed by atoms with van der Waals surface area (Å²) in [5.74, 6) is 0.501. The molecular formula is C26H31NO. The number of aryl methyl sites for hydroxylation is 1. The monoisotopic (exact) mass is 373 g/mol. The van der Waals surface area contributed by atoms with Gasteiger partial charge in [-0.1, -0.05) is 92.2 Å². The van der Waals surface area contributed by atoms with E-state index in [1.165, 1.54) is 27.8 Å². The molecule has 0 saturated heterocycles. The molecular weight excluding hydrogens is 342 g/mol. The average Bonchev–Trinajstić information content (AvgIpc) is 2.69. The first kappa shape index (κ1) is 20.3. The number of hydrogen-bond donors (Lipinski definition) is 1. The molecule has 0 fully saturated rings. The van der Waals surface area contributed by atoms with E-state index in [4.69, 9.17) is 0 Å². The van der Waals surface area contributed by atoms with Crippen molar-refractivity contribution in [1.29, 1.82) is 0 Å². The number of likely N-dealkylation sites (N-methyl/N-ethyl adjacent to an activating group) is 1. The molecule has 1 unspecified atom stereocenters. The molecule has 3 aromatic rings. The summed E-state index contributed by atoms with van der Waals surface area (Å²) < 4.78 is 0. The lowest BCUT2D eigenvalue weighted by Crippen LogP contribution is -2.24. The van der Waals surface area contributed by atoms with Crippen LogP contribution in [0, 0.1) is 6.92 Å². The predicted molar refractivity (Wildman–Crippen MR) is 118 cm³/mol. The van der Waals surface area contributed by atoms with Crippen LogP contribution in [0.4, 0.5) is 0 Å². The Labute approximate surface area is 169 Å². The van der Waals surface area contributed by atoms with Crippen molar-refractivity contribution in [2.24, 2.45) is 0 Å². The van der Waals surface area contributed by atoms with E-state index >= 15 is 0 Å². The number of rotatable bonds is 7. The Morgan fingerprint density at radius 3 is 2.21 bits per heavy atom. The van der Waals surface area contributed by atoms with Crippen molar-refractivity contribution in [2.75, 3.05) is 13.6 Å². The maximum Gasteiger partial charge on any atom is 0.0916 e. The van der Waals surface area contributed by atoms with Gasteiger partial charge in [0.05, 0.1) is 6.10 Å². The topological polar surface area (TPSA) is 23.5 Å². The Hall–Kier alpha value is -2.42. The van der Waals surface area contributed by atoms with Crippen molar-refractivity contribution in [3.8, 4) is 11.1 Å². The molecule has 0 saturated carbocycles. The van der Waals surface area contributed by atoms with Gasteiger partial charge in [0.2, 0.25) is 0 Å². The first-order chi connectivity index (χ1) is 13.4. The largest absolute Gasteiger partial charge is 0.387 e. The molecule has 0 aromatic heterocycles. The fraction of sp³-hybridized carbons (Fsp3) is 0.308. The lowest BCUT2D eigenvalue weighted by Gasteiger charge is -2.21. The van der Waals surface area contributed by atoms with Crippen molar-refractivity contribution in [3.05, 3.63) is 95.1 Å². The van der Waals surface area contributed by atoms with Gasteiger partial charge in [-0.25, -0.2) is 0 Å². The molecule has 0 aliphatic heterocycles. The summed E-state index contributed by atoms with van der Waals surface area (Å²) in [4.78, 5) is 2.17. The molecule has 0 radical (unpaired) electrons. The molecule has 0 aliphatic rings. The van der Waals surface area contributed by atoms with Crippen LogP contribution in [-0.2, 0) is 6.54 Å². The molecule has 0 heterocycles. The SMILES string of the molecule is Cc1ccc(C(C)C)c(-c2ccc(CN(C)CC(O)c3ccccc3)cc2)c1. The summed E-state index contributed by atoms with van der Waals surface area (Å²) >= 11 is 0. The summed E-state index contributed by atoms with van der Waals surface area (Å²) in [5, 5.41) is 10.4. The summed E-state index contributed by atoms with van der Waals surface area (Å²) in [6.45, 7) is 8.07. The molecule has 0 spiro atoms. The van der Waals surface area contributed by atoms with Crippen LogP contribution in [0.2, 0.25) is 0 Å². The third-order valence-corrected chi connectivity index (χ3v) is 5.22. The van der Waals surface area contributed by atoms with Gasteiger partial charge in [0.1, 0.15) is 0 Å². The highest BCUT2D eigenvalue weighted by molar-refractivity contribution is 5.69. The molecule has 2 heteroatoms. The Morgan fingerprint density at radius 1 is 0.893 bits per heavy atom. The summed E-state index contributed by atoms with van der Waals surface area (Å²) in [6.07, 6.45) is -0.466. The van der Waals surface area contributed by atoms with E-state index < -0.39 is 6.10 Å². The summed E-state index contributed by atoms with van der Waals surface area (Å²) in [5.41, 5.74) is 7.49. The first-order valence-corrected chi connectivity index (χ1v) is 10.1. The van der Waals surface area contributed by atoms with Gasteiger partial charge < -0.3 is 5.11 Å². The Morgan fingerprint density at radius 2 is 1.57 bits per heavy atom. The van der Waals surface area contributed by atoms with E-state index in [1.807, 2.05) is 30.3 Å². The number of aliphatic hydroxyl groups excluding tert-OH is 1. The standard InChI is InChI=1S/C26H31NO/c1-19(2)24-15-10-20(3)16-25(24)22-13-11-21(12-14-22)17-27(4)18-26(28)23-8-6-5-7-9-23/h5-16,19,26,28H,17-18H2,1-4H3. The van der Waals surface area contributed by atoms with Gasteiger partial charge in [0.25, 0.3) is 0 Å². The van der Waals surface area contributed by atoms with Crippen molar-refractivity contribution < 1.29 is 5.11 Å². The normalized spacial score (nSPS) is 12.5. The Bertz CT molecular complexity index is 884. The van der Waals surface area contributed by atoms with Crippen molar-refractivity contribution >= 4 is 0 Å². The van der Waals surface area contributed by atoms with E-state index in [1.54, 1.807) is 0 Å². The minimum absolute atomic E-state index is 0.466. The van der Waals surface area contributed by atoms with E-state index in [2.05, 4.69) is 75.2 Å². The second-order valence-corrected chi connectivity index (χ2v) is 8.07. The zero-order valence-electron chi connectivity index (χ0n) is 17.4. The highest BCUT2D eigenvalue weighted by atomic mass is 16.3. The quantitative estimate of drug-likeness (QED) is 0.553. The van der Waals surface area contributed by atoms with E-state index in [-0.39, 0.29) is 0 Å². The third-order valence-electron chi connectivity index (χ3n) is 5.22. The molecule has 0 aliphatic carbocycles. The molecule has 0 bridgehead atoms. The van der Waals surface area contributed by atoms with Crippen LogP contribution >= 0.6 is 0 Å². The predicted octanol–water partition coefficient (Wildman–Crippen LogP) is 5.95. The van der Waals surface area contributed by atoms with E-state index in [0.29, 0.717) is 12.5 Å². The fourth-order valence-corrected chi connectivity index (χ4v) is 3.67. The summed E-state index contributed by atoms with van der Waals surface area (Å²) in [6, 6.07) is 25.4. The number of hydrogen-bond acceptors (Lipinski definition) is 2. The Balaban J connectivity index is 1.69. The molecule has 2 nitrogen and oxygen atoms in total. The second kappa shape index (κ2) is 9.18. The molecule has 1 atom stereocenters. The van der Waals surface area contributed by atoms with Crippen LogP contribution in [0.3, 0.4) is 0 Å². The molecule has 3 aromatic carbocycles. The van der Waals surface area contributed by atoms with Crippen LogP contribution in [-0.4, -0.2) is 23.6 Å². The van der Waals surface area contributed by atoms with E-state index in [9.17, 15) is 5.11 Å².